The molecule has 70 heavy (non-hydrogen) atoms. The molecule has 0 aromatic carbocycles. The molecule has 1 atom stereocenters. The first-order valence-corrected chi connectivity index (χ1v) is 29.1. The molecule has 398 valence electrons. The molecule has 0 saturated carbocycles. The van der Waals surface area contributed by atoms with Crippen LogP contribution >= 0.6 is 0 Å². The normalized spacial score (nSPS) is 13.1. The number of allylic oxidation sites excluding steroid dienone is 20. The number of carbonyl (C=O) groups excluding carboxylic acids is 2. The molecule has 0 saturated heterocycles. The minimum Gasteiger partial charge on any atom is -0.462 e. The zero-order chi connectivity index (χ0) is 50.6. The van der Waals surface area contributed by atoms with E-state index in [0.717, 1.165) is 103 Å². The van der Waals surface area contributed by atoms with Crippen molar-refractivity contribution in [2.24, 2.45) is 0 Å². The highest BCUT2D eigenvalue weighted by Gasteiger charge is 2.16. The summed E-state index contributed by atoms with van der Waals surface area (Å²) in [5, 5.41) is 9.67. The van der Waals surface area contributed by atoms with E-state index in [1.807, 2.05) is 0 Å². The molecule has 0 aliphatic heterocycles. The van der Waals surface area contributed by atoms with Gasteiger partial charge in [-0.2, -0.15) is 0 Å². The van der Waals surface area contributed by atoms with Crippen molar-refractivity contribution in [1.29, 1.82) is 0 Å². The van der Waals surface area contributed by atoms with Gasteiger partial charge in [-0.25, -0.2) is 0 Å². The summed E-state index contributed by atoms with van der Waals surface area (Å²) >= 11 is 0. The molecule has 0 fully saturated rings. The number of esters is 2. The van der Waals surface area contributed by atoms with Crippen LogP contribution in [0.3, 0.4) is 0 Å². The number of carbonyl (C=O) groups is 2. The van der Waals surface area contributed by atoms with E-state index in [0.29, 0.717) is 12.8 Å². The van der Waals surface area contributed by atoms with Gasteiger partial charge in [0, 0.05) is 12.8 Å². The second kappa shape index (κ2) is 59.6. The van der Waals surface area contributed by atoms with E-state index >= 15 is 0 Å². The van der Waals surface area contributed by atoms with Gasteiger partial charge in [0.1, 0.15) is 6.61 Å². The first-order valence-electron chi connectivity index (χ1n) is 29.1. The Labute approximate surface area is 433 Å². The van der Waals surface area contributed by atoms with Gasteiger partial charge in [0.2, 0.25) is 0 Å². The van der Waals surface area contributed by atoms with Crippen molar-refractivity contribution in [3.63, 3.8) is 0 Å². The van der Waals surface area contributed by atoms with Gasteiger partial charge in [-0.15, -0.1) is 0 Å². The average molecular weight is 970 g/mol. The minimum absolute atomic E-state index is 0.0732. The molecule has 0 rings (SSSR count). The number of rotatable bonds is 52. The Morgan fingerprint density at radius 2 is 0.571 bits per heavy atom. The van der Waals surface area contributed by atoms with Gasteiger partial charge in [-0.05, 0) is 103 Å². The Balaban J connectivity index is 3.53. The predicted molar refractivity (Wildman–Crippen MR) is 306 cm³/mol. The van der Waals surface area contributed by atoms with E-state index in [-0.39, 0.29) is 25.2 Å². The predicted octanol–water partition coefficient (Wildman–Crippen LogP) is 19.9. The maximum atomic E-state index is 12.3. The van der Waals surface area contributed by atoms with Gasteiger partial charge >= 0.3 is 11.9 Å². The van der Waals surface area contributed by atoms with Crippen LogP contribution in [0.15, 0.2) is 122 Å². The Morgan fingerprint density at radius 1 is 0.329 bits per heavy atom. The number of unbranched alkanes of at least 4 members (excludes halogenated alkanes) is 24. The third-order valence-electron chi connectivity index (χ3n) is 12.3. The maximum absolute atomic E-state index is 12.3. The molecule has 1 unspecified atom stereocenters. The van der Waals surface area contributed by atoms with E-state index < -0.39 is 6.10 Å². The van der Waals surface area contributed by atoms with E-state index in [2.05, 4.69) is 135 Å². The Morgan fingerprint density at radius 3 is 0.857 bits per heavy atom. The zero-order valence-electron chi connectivity index (χ0n) is 45.5. The van der Waals surface area contributed by atoms with Crippen LogP contribution in [0.4, 0.5) is 0 Å². The monoisotopic (exact) mass is 969 g/mol. The molecular formula is C65H108O5. The maximum Gasteiger partial charge on any atom is 0.306 e. The first-order chi connectivity index (χ1) is 34.6. The van der Waals surface area contributed by atoms with E-state index in [1.165, 1.54) is 128 Å². The van der Waals surface area contributed by atoms with Crippen molar-refractivity contribution in [3.8, 4) is 0 Å². The standard InChI is InChI=1S/C65H108O5/c1-3-5-7-9-11-13-15-17-19-21-23-25-27-29-31-32-34-36-38-40-42-44-46-48-50-52-54-56-58-60-65(68)70-63(61-66)62-69-64(67)59-57-55-53-51-49-47-45-43-41-39-37-35-33-30-28-26-24-22-20-18-16-14-12-10-8-6-4-2/h5-8,11-14,17-20,23-26,29,31,34,36,63,66H,3-4,9-10,15-16,21-22,27-28,30,32-33,35,37-62H2,1-2H3/b7-5-,8-6-,13-11-,14-12-,19-17-,20-18-,25-23-,26-24-,31-29-,36-34-. The summed E-state index contributed by atoms with van der Waals surface area (Å²) in [6, 6.07) is 0. The Bertz CT molecular complexity index is 1420. The molecule has 5 heteroatoms. The van der Waals surface area contributed by atoms with Gasteiger partial charge in [0.25, 0.3) is 0 Å². The molecular weight excluding hydrogens is 861 g/mol. The average Bonchev–Trinajstić information content (AvgIpc) is 3.36. The fourth-order valence-corrected chi connectivity index (χ4v) is 7.96. The number of hydrogen-bond acceptors (Lipinski definition) is 5. The molecule has 0 aromatic rings. The van der Waals surface area contributed by atoms with Crippen LogP contribution in [-0.2, 0) is 19.1 Å². The van der Waals surface area contributed by atoms with Crippen LogP contribution in [0.2, 0.25) is 0 Å². The first kappa shape index (κ1) is 66.3. The van der Waals surface area contributed by atoms with Crippen LogP contribution in [0.1, 0.15) is 258 Å². The van der Waals surface area contributed by atoms with Gasteiger partial charge in [-0.1, -0.05) is 264 Å². The third kappa shape index (κ3) is 56.9. The second-order valence-electron chi connectivity index (χ2n) is 19.0. The summed E-state index contributed by atoms with van der Waals surface area (Å²) in [6.45, 7) is 3.92. The second-order valence-corrected chi connectivity index (χ2v) is 19.0. The smallest absolute Gasteiger partial charge is 0.306 e. The molecule has 5 nitrogen and oxygen atoms in total. The summed E-state index contributed by atoms with van der Waals surface area (Å²) in [7, 11) is 0. The Kier molecular flexibility index (Phi) is 56.5. The largest absolute Gasteiger partial charge is 0.462 e. The highest BCUT2D eigenvalue weighted by atomic mass is 16.6. The van der Waals surface area contributed by atoms with Crippen molar-refractivity contribution in [3.05, 3.63) is 122 Å². The van der Waals surface area contributed by atoms with Crippen LogP contribution in [0, 0.1) is 0 Å². The summed E-state index contributed by atoms with van der Waals surface area (Å²) in [4.78, 5) is 24.6. The number of ether oxygens (including phenoxy) is 2. The summed E-state index contributed by atoms with van der Waals surface area (Å²) in [5.74, 6) is -0.597. The summed E-state index contributed by atoms with van der Waals surface area (Å²) < 4.78 is 10.7. The van der Waals surface area contributed by atoms with Crippen molar-refractivity contribution in [2.45, 2.75) is 264 Å². The van der Waals surface area contributed by atoms with Crippen molar-refractivity contribution in [1.82, 2.24) is 0 Å². The SMILES string of the molecule is CC/C=C\C/C=C\C/C=C\C/C=C\C/C=C\C/C=C\CCCCCCCCCCCCC(=O)OC(CO)COC(=O)CCCCCCCCCCCCCCCC/C=C\C/C=C\C/C=C\C/C=C\CC. The van der Waals surface area contributed by atoms with E-state index in [4.69, 9.17) is 9.47 Å². The highest BCUT2D eigenvalue weighted by Crippen LogP contribution is 2.16. The lowest BCUT2D eigenvalue weighted by Crippen LogP contribution is -2.28. The van der Waals surface area contributed by atoms with Crippen molar-refractivity contribution >= 4 is 11.9 Å². The minimum atomic E-state index is -0.783. The molecule has 0 aromatic heterocycles. The molecule has 0 heterocycles. The lowest BCUT2D eigenvalue weighted by Gasteiger charge is -2.15. The van der Waals surface area contributed by atoms with Gasteiger partial charge in [0.05, 0.1) is 6.61 Å². The summed E-state index contributed by atoms with van der Waals surface area (Å²) in [5.41, 5.74) is 0. The highest BCUT2D eigenvalue weighted by molar-refractivity contribution is 5.70. The van der Waals surface area contributed by atoms with Crippen LogP contribution < -0.4 is 0 Å². The van der Waals surface area contributed by atoms with Crippen LogP contribution in [0.5, 0.6) is 0 Å². The molecule has 0 aliphatic carbocycles. The third-order valence-corrected chi connectivity index (χ3v) is 12.3. The molecule has 1 N–H and O–H groups in total. The zero-order valence-corrected chi connectivity index (χ0v) is 45.5. The number of hydrogen-bond donors (Lipinski definition) is 1. The number of aliphatic hydroxyl groups is 1. The molecule has 0 amide bonds. The number of aliphatic hydroxyl groups excluding tert-OH is 1. The van der Waals surface area contributed by atoms with Gasteiger partial charge < -0.3 is 14.6 Å². The van der Waals surface area contributed by atoms with Crippen LogP contribution in [0.25, 0.3) is 0 Å². The van der Waals surface area contributed by atoms with Crippen LogP contribution in [-0.4, -0.2) is 36.4 Å². The van der Waals surface area contributed by atoms with E-state index in [1.54, 1.807) is 0 Å². The van der Waals surface area contributed by atoms with Gasteiger partial charge in [0.15, 0.2) is 6.10 Å². The molecule has 0 aliphatic rings. The lowest BCUT2D eigenvalue weighted by molar-refractivity contribution is -0.161. The van der Waals surface area contributed by atoms with E-state index in [9.17, 15) is 14.7 Å². The molecule has 0 radical (unpaired) electrons. The Hall–Kier alpha value is -3.70. The molecule has 0 bridgehead atoms. The van der Waals surface area contributed by atoms with Crippen molar-refractivity contribution < 1.29 is 24.2 Å². The molecule has 0 spiro atoms. The quantitative estimate of drug-likeness (QED) is 0.0374. The topological polar surface area (TPSA) is 72.8 Å². The summed E-state index contributed by atoms with van der Waals surface area (Å²) in [6.07, 6.45) is 87.4. The lowest BCUT2D eigenvalue weighted by atomic mass is 10.0. The fraction of sp³-hybridized carbons (Fsp3) is 0.662. The van der Waals surface area contributed by atoms with Crippen molar-refractivity contribution in [2.75, 3.05) is 13.2 Å². The van der Waals surface area contributed by atoms with Gasteiger partial charge in [-0.3, -0.25) is 9.59 Å². The fourth-order valence-electron chi connectivity index (χ4n) is 7.96.